The van der Waals surface area contributed by atoms with E-state index >= 15 is 0 Å². The van der Waals surface area contributed by atoms with Crippen LogP contribution in [0.15, 0.2) is 157 Å². The molecule has 0 saturated heterocycles. The Labute approximate surface area is 244 Å². The molecule has 0 spiro atoms. The minimum absolute atomic E-state index is 0.0854. The summed E-state index contributed by atoms with van der Waals surface area (Å²) in [6.45, 7) is 6.63. The van der Waals surface area contributed by atoms with Gasteiger partial charge < -0.3 is 9.80 Å². The first-order chi connectivity index (χ1) is 20.0. The van der Waals surface area contributed by atoms with E-state index in [0.717, 1.165) is 23.5 Å². The number of anilines is 5. The van der Waals surface area contributed by atoms with Crippen molar-refractivity contribution in [1.29, 1.82) is 0 Å². The van der Waals surface area contributed by atoms with Gasteiger partial charge in [0, 0.05) is 39.5 Å². The zero-order valence-electron chi connectivity index (χ0n) is 24.0. The topological polar surface area (TPSA) is 6.48 Å². The molecule has 0 fully saturated rings. The van der Waals surface area contributed by atoms with E-state index in [1.165, 1.54) is 33.8 Å². The van der Waals surface area contributed by atoms with Crippen LogP contribution in [0.5, 0.6) is 0 Å². The fourth-order valence-electron chi connectivity index (χ4n) is 5.68. The first-order valence-electron chi connectivity index (χ1n) is 14.3. The molecule has 5 aromatic carbocycles. The van der Waals surface area contributed by atoms with Crippen LogP contribution in [0, 0.1) is 13.8 Å². The lowest BCUT2D eigenvalue weighted by Crippen LogP contribution is -2.24. The van der Waals surface area contributed by atoms with E-state index in [9.17, 15) is 0 Å². The lowest BCUT2D eigenvalue weighted by Gasteiger charge is -2.34. The van der Waals surface area contributed by atoms with Crippen molar-refractivity contribution in [2.75, 3.05) is 9.80 Å². The molecule has 1 aliphatic carbocycles. The van der Waals surface area contributed by atoms with Gasteiger partial charge in [-0.15, -0.1) is 0 Å². The highest BCUT2D eigenvalue weighted by atomic mass is 15.1. The number of nitrogens with zero attached hydrogens (tertiary/aromatic N) is 2. The molecule has 1 atom stereocenters. The monoisotopic (exact) mass is 532 g/mol. The highest BCUT2D eigenvalue weighted by Gasteiger charge is 2.27. The third-order valence-electron chi connectivity index (χ3n) is 7.95. The van der Waals surface area contributed by atoms with Crippen molar-refractivity contribution >= 4 is 28.4 Å². The Morgan fingerprint density at radius 3 is 1.51 bits per heavy atom. The van der Waals surface area contributed by atoms with Crippen LogP contribution in [0.2, 0.25) is 0 Å². The molecule has 0 N–H and O–H groups in total. The largest absolute Gasteiger partial charge is 0.311 e. The Morgan fingerprint density at radius 1 is 0.512 bits per heavy atom. The fourth-order valence-corrected chi connectivity index (χ4v) is 5.68. The van der Waals surface area contributed by atoms with Crippen molar-refractivity contribution in [2.45, 2.75) is 32.6 Å². The molecule has 0 aromatic heterocycles. The van der Waals surface area contributed by atoms with E-state index in [4.69, 9.17) is 0 Å². The van der Waals surface area contributed by atoms with Crippen molar-refractivity contribution in [1.82, 2.24) is 0 Å². The van der Waals surface area contributed by atoms with Crippen LogP contribution < -0.4 is 9.80 Å². The molecule has 1 aliphatic rings. The van der Waals surface area contributed by atoms with Crippen LogP contribution >= 0.6 is 0 Å². The Kier molecular flexibility index (Phi) is 7.31. The van der Waals surface area contributed by atoms with E-state index in [-0.39, 0.29) is 5.41 Å². The molecule has 2 heteroatoms. The Hall–Kier alpha value is -4.82. The molecule has 0 amide bonds. The molecular formula is C39H36N2. The minimum atomic E-state index is -0.0854. The van der Waals surface area contributed by atoms with Crippen molar-refractivity contribution in [3.05, 3.63) is 174 Å². The van der Waals surface area contributed by atoms with Crippen molar-refractivity contribution in [2.24, 2.45) is 0 Å². The SMILES string of the molecule is Cc1cccc(N(C2=CC[C@](C)(c3ccc(N(c4ccccc4)c4cccc(C)c4)cc3)C=C2)c2ccccc2)c1. The molecule has 0 bridgehead atoms. The number of hydrogen-bond donors (Lipinski definition) is 0. The van der Waals surface area contributed by atoms with E-state index in [1.807, 2.05) is 0 Å². The van der Waals surface area contributed by atoms with Gasteiger partial charge in [0.05, 0.1) is 0 Å². The second-order valence-corrected chi connectivity index (χ2v) is 11.2. The van der Waals surface area contributed by atoms with Gasteiger partial charge in [0.1, 0.15) is 0 Å². The van der Waals surface area contributed by atoms with Gasteiger partial charge in [-0.2, -0.15) is 0 Å². The number of hydrogen-bond acceptors (Lipinski definition) is 2. The average molecular weight is 533 g/mol. The fraction of sp³-hybridized carbons (Fsp3) is 0.128. The summed E-state index contributed by atoms with van der Waals surface area (Å²) in [7, 11) is 0. The van der Waals surface area contributed by atoms with Gasteiger partial charge in [0.25, 0.3) is 0 Å². The van der Waals surface area contributed by atoms with Gasteiger partial charge in [0.2, 0.25) is 0 Å². The third kappa shape index (κ3) is 5.60. The van der Waals surface area contributed by atoms with E-state index < -0.39 is 0 Å². The van der Waals surface area contributed by atoms with Crippen LogP contribution in [-0.2, 0) is 5.41 Å². The molecule has 202 valence electrons. The second kappa shape index (κ2) is 11.3. The Bertz CT molecular complexity index is 1680. The van der Waals surface area contributed by atoms with Crippen LogP contribution in [0.3, 0.4) is 0 Å². The summed E-state index contributed by atoms with van der Waals surface area (Å²) < 4.78 is 0. The summed E-state index contributed by atoms with van der Waals surface area (Å²) in [6, 6.07) is 47.7. The predicted molar refractivity (Wildman–Crippen MR) is 175 cm³/mol. The van der Waals surface area contributed by atoms with E-state index in [0.29, 0.717) is 0 Å². The van der Waals surface area contributed by atoms with Gasteiger partial charge >= 0.3 is 0 Å². The van der Waals surface area contributed by atoms with Crippen molar-refractivity contribution in [3.63, 3.8) is 0 Å². The summed E-state index contributed by atoms with van der Waals surface area (Å²) in [6.07, 6.45) is 7.97. The number of para-hydroxylation sites is 2. The maximum Gasteiger partial charge on any atom is 0.0464 e. The van der Waals surface area contributed by atoms with Crippen LogP contribution in [0.4, 0.5) is 28.4 Å². The molecule has 5 aromatic rings. The van der Waals surface area contributed by atoms with Gasteiger partial charge in [-0.25, -0.2) is 0 Å². The number of rotatable bonds is 7. The normalized spacial score (nSPS) is 16.2. The predicted octanol–water partition coefficient (Wildman–Crippen LogP) is 10.7. The van der Waals surface area contributed by atoms with Crippen molar-refractivity contribution < 1.29 is 0 Å². The average Bonchev–Trinajstić information content (AvgIpc) is 3.00. The molecule has 0 radical (unpaired) electrons. The molecule has 0 aliphatic heterocycles. The van der Waals surface area contributed by atoms with E-state index in [2.05, 4.69) is 182 Å². The highest BCUT2D eigenvalue weighted by Crippen LogP contribution is 2.40. The number of benzene rings is 5. The molecular weight excluding hydrogens is 496 g/mol. The highest BCUT2D eigenvalue weighted by molar-refractivity contribution is 5.77. The maximum absolute atomic E-state index is 2.38. The van der Waals surface area contributed by atoms with Gasteiger partial charge in [-0.1, -0.05) is 91.9 Å². The zero-order valence-corrected chi connectivity index (χ0v) is 24.0. The summed E-state index contributed by atoms with van der Waals surface area (Å²) in [5.41, 5.74) is 10.7. The summed E-state index contributed by atoms with van der Waals surface area (Å²) in [5, 5.41) is 0. The first-order valence-corrected chi connectivity index (χ1v) is 14.3. The van der Waals surface area contributed by atoms with E-state index in [1.54, 1.807) is 0 Å². The standard InChI is InChI=1S/C39H36N2/c1-30-12-10-18-37(28-30)40(33-14-6-4-7-15-33)35-22-20-32(21-23-35)39(3)26-24-36(25-27-39)41(34-16-8-5-9-17-34)38-19-11-13-31(2)29-38/h4-26,28-29H,27H2,1-3H3/t39-/m1/s1. The Balaban J connectivity index is 1.30. The molecule has 0 unspecified atom stereocenters. The lowest BCUT2D eigenvalue weighted by molar-refractivity contribution is 0.595. The molecule has 0 saturated carbocycles. The van der Waals surface area contributed by atoms with Crippen LogP contribution in [0.1, 0.15) is 30.0 Å². The lowest BCUT2D eigenvalue weighted by atomic mass is 9.76. The van der Waals surface area contributed by atoms with Crippen LogP contribution in [0.25, 0.3) is 0 Å². The number of allylic oxidation sites excluding steroid dienone is 3. The van der Waals surface area contributed by atoms with Gasteiger partial charge in [-0.05, 0) is 104 Å². The summed E-state index contributed by atoms with van der Waals surface area (Å²) in [4.78, 5) is 4.68. The minimum Gasteiger partial charge on any atom is -0.311 e. The van der Waals surface area contributed by atoms with Gasteiger partial charge in [-0.3, -0.25) is 0 Å². The second-order valence-electron chi connectivity index (χ2n) is 11.2. The van der Waals surface area contributed by atoms with Gasteiger partial charge in [0.15, 0.2) is 0 Å². The summed E-state index contributed by atoms with van der Waals surface area (Å²) >= 11 is 0. The third-order valence-corrected chi connectivity index (χ3v) is 7.95. The van der Waals surface area contributed by atoms with Crippen molar-refractivity contribution in [3.8, 4) is 0 Å². The maximum atomic E-state index is 2.38. The molecule has 6 rings (SSSR count). The molecule has 41 heavy (non-hydrogen) atoms. The smallest absolute Gasteiger partial charge is 0.0464 e. The quantitative estimate of drug-likeness (QED) is 0.206. The molecule has 2 nitrogen and oxygen atoms in total. The molecule has 0 heterocycles. The Morgan fingerprint density at radius 2 is 1.00 bits per heavy atom. The first kappa shape index (κ1) is 26.4. The van der Waals surface area contributed by atoms with Crippen LogP contribution in [-0.4, -0.2) is 0 Å². The number of aryl methyl sites for hydroxylation is 2. The zero-order chi connectivity index (χ0) is 28.2. The summed E-state index contributed by atoms with van der Waals surface area (Å²) in [5.74, 6) is 0.